The summed E-state index contributed by atoms with van der Waals surface area (Å²) in [6, 6.07) is 7.90. The van der Waals surface area contributed by atoms with E-state index >= 15 is 0 Å². The van der Waals surface area contributed by atoms with Gasteiger partial charge in [-0.1, -0.05) is 71.9 Å². The second-order valence-corrected chi connectivity index (χ2v) is 18.1. The van der Waals surface area contributed by atoms with Crippen molar-refractivity contribution < 1.29 is 34.4 Å². The third kappa shape index (κ3) is 21.1. The number of amides is 2. The van der Waals surface area contributed by atoms with Crippen molar-refractivity contribution in [2.45, 2.75) is 170 Å². The molecule has 1 fully saturated rings. The van der Waals surface area contributed by atoms with Gasteiger partial charge in [0.15, 0.2) is 0 Å². The Morgan fingerprint density at radius 3 is 2.15 bits per heavy atom. The lowest BCUT2D eigenvalue weighted by Gasteiger charge is -2.36. The summed E-state index contributed by atoms with van der Waals surface area (Å²) in [7, 11) is 1.00. The molecular formula is C47H83N5O7S. The number of thiazole rings is 1. The Bertz CT molecular complexity index is 1440. The maximum absolute atomic E-state index is 13.7. The molecule has 1 aromatic heterocycles. The number of β-amino-alcohol motifs (C(OH)–C–C–N with tert-alkyl or cyclic N) is 1. The molecule has 1 aliphatic heterocycles. The third-order valence-corrected chi connectivity index (χ3v) is 11.7. The minimum absolute atomic E-state index is 0.0199. The Morgan fingerprint density at radius 2 is 1.60 bits per heavy atom. The minimum atomic E-state index is -1.03. The van der Waals surface area contributed by atoms with Gasteiger partial charge in [0.2, 0.25) is 5.91 Å². The van der Waals surface area contributed by atoms with Crippen molar-refractivity contribution in [3.05, 3.63) is 45.9 Å². The molecule has 344 valence electrons. The normalized spacial score (nSPS) is 14.6. The highest BCUT2D eigenvalue weighted by molar-refractivity contribution is 7.09. The van der Waals surface area contributed by atoms with Crippen molar-refractivity contribution in [1.82, 2.24) is 20.1 Å². The number of unbranched alkanes of at least 4 members (excludes halogenated alkanes) is 4. The van der Waals surface area contributed by atoms with Crippen LogP contribution in [0.5, 0.6) is 0 Å². The second kappa shape index (κ2) is 30.9. The lowest BCUT2D eigenvalue weighted by molar-refractivity contribution is -0.147. The van der Waals surface area contributed by atoms with Crippen molar-refractivity contribution in [2.24, 2.45) is 11.3 Å². The van der Waals surface area contributed by atoms with Gasteiger partial charge in [-0.15, -0.1) is 11.3 Å². The van der Waals surface area contributed by atoms with Gasteiger partial charge in [-0.3, -0.25) is 14.4 Å². The Morgan fingerprint density at radius 1 is 0.950 bits per heavy atom. The maximum Gasteiger partial charge on any atom is 0.309 e. The average Bonchev–Trinajstić information content (AvgIpc) is 3.71. The summed E-state index contributed by atoms with van der Waals surface area (Å²) in [6.07, 6.45) is 11.8. The van der Waals surface area contributed by atoms with E-state index in [0.29, 0.717) is 43.5 Å². The van der Waals surface area contributed by atoms with Gasteiger partial charge in [0.05, 0.1) is 12.0 Å². The van der Waals surface area contributed by atoms with Gasteiger partial charge in [0.25, 0.3) is 5.91 Å². The fraction of sp³-hybridized carbons (Fsp3) is 0.745. The van der Waals surface area contributed by atoms with Crippen LogP contribution in [-0.4, -0.2) is 113 Å². The zero-order chi connectivity index (χ0) is 45.1. The topological polar surface area (TPSA) is 165 Å². The number of hydrogen-bond donors (Lipinski definition) is 5. The van der Waals surface area contributed by atoms with E-state index in [1.807, 2.05) is 31.2 Å². The Labute approximate surface area is 367 Å². The van der Waals surface area contributed by atoms with Crippen molar-refractivity contribution in [3.8, 4) is 0 Å². The summed E-state index contributed by atoms with van der Waals surface area (Å²) < 4.78 is 6.25. The van der Waals surface area contributed by atoms with E-state index in [1.165, 1.54) is 43.7 Å². The van der Waals surface area contributed by atoms with Gasteiger partial charge < -0.3 is 40.5 Å². The molecule has 60 heavy (non-hydrogen) atoms. The van der Waals surface area contributed by atoms with Crippen molar-refractivity contribution in [1.29, 1.82) is 0 Å². The van der Waals surface area contributed by atoms with E-state index in [9.17, 15) is 19.5 Å². The summed E-state index contributed by atoms with van der Waals surface area (Å²) in [5, 5.41) is 34.4. The Kier molecular flexibility index (Phi) is 28.2. The molecule has 0 radical (unpaired) electrons. The number of aliphatic hydroxyl groups is 2. The highest BCUT2D eigenvalue weighted by Gasteiger charge is 2.33. The van der Waals surface area contributed by atoms with Crippen molar-refractivity contribution in [2.75, 3.05) is 51.8 Å². The molecule has 3 atom stereocenters. The lowest BCUT2D eigenvalue weighted by Crippen LogP contribution is -2.45. The molecule has 0 bridgehead atoms. The quantitative estimate of drug-likeness (QED) is 0.0577. The predicted octanol–water partition coefficient (Wildman–Crippen LogP) is 8.97. The van der Waals surface area contributed by atoms with E-state index in [-0.39, 0.29) is 42.0 Å². The monoisotopic (exact) mass is 862 g/mol. The first kappa shape index (κ1) is 54.9. The first-order valence-electron chi connectivity index (χ1n) is 22.7. The van der Waals surface area contributed by atoms with Crippen LogP contribution in [0.1, 0.15) is 167 Å². The standard InChI is InChI=1S/C39H64N4O5S.C7H15NO.CH4O/c1-10-13-15-16-22-43(35(44)17-14-11-2)33(27(4)5)24-34(48-12-3)37-42-32(26-49-37)36(45)41-31(25-39(8,9)38(46)47)23-29-18-20-30(21-19-29)40-28(6)7;9-7-6-8-4-2-1-3-5-8;1-2/h18-21,26-28,31,33-34,40H,10-17,22-25H2,1-9H3,(H,41,45)(H,46,47);9H,1-7H2;2H,1H3. The number of carbonyl (C=O) groups is 3. The maximum atomic E-state index is 13.7. The molecule has 2 aromatic rings. The van der Waals surface area contributed by atoms with E-state index in [4.69, 9.17) is 19.9 Å². The largest absolute Gasteiger partial charge is 0.481 e. The van der Waals surface area contributed by atoms with Crippen LogP contribution in [0.3, 0.4) is 0 Å². The second-order valence-electron chi connectivity index (χ2n) is 17.2. The van der Waals surface area contributed by atoms with Crippen LogP contribution in [0, 0.1) is 11.3 Å². The van der Waals surface area contributed by atoms with Crippen LogP contribution in [-0.2, 0) is 20.7 Å². The van der Waals surface area contributed by atoms with E-state index in [2.05, 4.69) is 62.0 Å². The van der Waals surface area contributed by atoms with Gasteiger partial charge in [-0.25, -0.2) is 4.98 Å². The number of aliphatic carboxylic acids is 1. The first-order valence-corrected chi connectivity index (χ1v) is 23.6. The molecule has 2 amide bonds. The SMILES string of the molecule is CCCCCCN(C(=O)CCCC)C(CC(OCC)c1nc(C(=O)NC(Cc2ccc(NC(C)C)cc2)CC(C)(C)C(=O)O)cs1)C(C)C.CO.OCCN1CCCCC1. The Balaban J connectivity index is 0.00000142. The number of nitrogens with one attached hydrogen (secondary N) is 2. The van der Waals surface area contributed by atoms with Crippen LogP contribution >= 0.6 is 11.3 Å². The summed E-state index contributed by atoms with van der Waals surface area (Å²) in [5.74, 6) is -0.829. The van der Waals surface area contributed by atoms with Gasteiger partial charge in [-0.05, 0) is 110 Å². The fourth-order valence-corrected chi connectivity index (χ4v) is 8.29. The number of hydrogen-bond acceptors (Lipinski definition) is 10. The zero-order valence-corrected chi connectivity index (χ0v) is 39.7. The zero-order valence-electron chi connectivity index (χ0n) is 38.9. The average molecular weight is 862 g/mol. The molecule has 12 nitrogen and oxygen atoms in total. The predicted molar refractivity (Wildman–Crippen MR) is 247 cm³/mol. The summed E-state index contributed by atoms with van der Waals surface area (Å²) >= 11 is 1.39. The highest BCUT2D eigenvalue weighted by Crippen LogP contribution is 2.32. The number of piperidine rings is 1. The number of aromatic nitrogens is 1. The molecule has 0 spiro atoms. The van der Waals surface area contributed by atoms with Crippen LogP contribution in [0.4, 0.5) is 5.69 Å². The number of carboxylic acid groups (broad SMARTS) is 1. The first-order chi connectivity index (χ1) is 28.6. The van der Waals surface area contributed by atoms with Crippen LogP contribution < -0.4 is 10.6 Å². The van der Waals surface area contributed by atoms with Gasteiger partial charge in [0, 0.05) is 68.8 Å². The van der Waals surface area contributed by atoms with Gasteiger partial charge in [0.1, 0.15) is 16.8 Å². The Hall–Kier alpha value is -3.10. The molecule has 13 heteroatoms. The van der Waals surface area contributed by atoms with Gasteiger partial charge >= 0.3 is 5.97 Å². The fourth-order valence-electron chi connectivity index (χ4n) is 7.43. The van der Waals surface area contributed by atoms with E-state index in [1.54, 1.807) is 19.2 Å². The molecule has 0 saturated carbocycles. The summed E-state index contributed by atoms with van der Waals surface area (Å²) in [4.78, 5) is 48.4. The van der Waals surface area contributed by atoms with Crippen molar-refractivity contribution >= 4 is 34.8 Å². The number of benzene rings is 1. The summed E-state index contributed by atoms with van der Waals surface area (Å²) in [5.41, 5.74) is 1.26. The number of nitrogens with zero attached hydrogens (tertiary/aromatic N) is 3. The number of carbonyl (C=O) groups excluding carboxylic acids is 2. The van der Waals surface area contributed by atoms with Crippen molar-refractivity contribution in [3.63, 3.8) is 0 Å². The molecule has 1 saturated heterocycles. The number of likely N-dealkylation sites (tertiary alicyclic amines) is 1. The number of rotatable bonds is 26. The molecule has 3 unspecified atom stereocenters. The summed E-state index contributed by atoms with van der Waals surface area (Å²) in [6.45, 7) is 22.9. The smallest absolute Gasteiger partial charge is 0.309 e. The number of carboxylic acids is 1. The molecule has 3 rings (SSSR count). The van der Waals surface area contributed by atoms with Gasteiger partial charge in [-0.2, -0.15) is 0 Å². The highest BCUT2D eigenvalue weighted by atomic mass is 32.1. The lowest BCUT2D eigenvalue weighted by atomic mass is 9.84. The number of ether oxygens (including phenoxy) is 1. The van der Waals surface area contributed by atoms with Crippen LogP contribution in [0.25, 0.3) is 0 Å². The van der Waals surface area contributed by atoms with E-state index < -0.39 is 17.4 Å². The van der Waals surface area contributed by atoms with Crippen LogP contribution in [0.2, 0.25) is 0 Å². The number of aliphatic hydroxyl groups excluding tert-OH is 2. The molecule has 0 aliphatic carbocycles. The molecule has 5 N–H and O–H groups in total. The molecular weight excluding hydrogens is 779 g/mol. The molecule has 2 heterocycles. The minimum Gasteiger partial charge on any atom is -0.481 e. The van der Waals surface area contributed by atoms with E-state index in [0.717, 1.165) is 70.0 Å². The van der Waals surface area contributed by atoms with Crippen LogP contribution in [0.15, 0.2) is 29.6 Å². The number of anilines is 1. The third-order valence-electron chi connectivity index (χ3n) is 10.8. The molecule has 1 aliphatic rings. The molecule has 1 aromatic carbocycles.